The first-order valence-electron chi connectivity index (χ1n) is 7.71. The fraction of sp³-hybridized carbons (Fsp3) is 0.375. The van der Waals surface area contributed by atoms with Crippen LogP contribution in [0.3, 0.4) is 0 Å². The maximum atomic E-state index is 4.62. The molecule has 3 heterocycles. The number of rotatable bonds is 7. The smallest absolute Gasteiger partial charge is 0.191 e. The van der Waals surface area contributed by atoms with E-state index in [9.17, 15) is 0 Å². The lowest BCUT2D eigenvalue weighted by molar-refractivity contribution is 0.626. The second kappa shape index (κ2) is 7.70. The van der Waals surface area contributed by atoms with Gasteiger partial charge < -0.3 is 4.57 Å². The SMILES string of the molecule is CCCn1c(SCc2csc(CC)n2)nnc1-c1ccncc1. The molecule has 0 aromatic carbocycles. The van der Waals surface area contributed by atoms with Gasteiger partial charge in [-0.1, -0.05) is 25.6 Å². The Morgan fingerprint density at radius 3 is 2.70 bits per heavy atom. The van der Waals surface area contributed by atoms with Crippen molar-refractivity contribution in [2.45, 2.75) is 44.1 Å². The number of hydrogen-bond acceptors (Lipinski definition) is 6. The Bertz CT molecular complexity index is 751. The van der Waals surface area contributed by atoms with Crippen LogP contribution in [0.2, 0.25) is 0 Å². The van der Waals surface area contributed by atoms with Crippen molar-refractivity contribution >= 4 is 23.1 Å². The zero-order valence-corrected chi connectivity index (χ0v) is 14.9. The van der Waals surface area contributed by atoms with Crippen molar-refractivity contribution in [2.24, 2.45) is 0 Å². The summed E-state index contributed by atoms with van der Waals surface area (Å²) in [5, 5.41) is 13.0. The maximum Gasteiger partial charge on any atom is 0.191 e. The molecule has 0 atom stereocenters. The van der Waals surface area contributed by atoms with Gasteiger partial charge in [0.1, 0.15) is 0 Å². The molecule has 120 valence electrons. The number of hydrogen-bond donors (Lipinski definition) is 0. The predicted octanol–water partition coefficient (Wildman–Crippen LogP) is 4.06. The first-order chi connectivity index (χ1) is 11.3. The third-order valence-corrected chi connectivity index (χ3v) is 5.40. The van der Waals surface area contributed by atoms with Crippen molar-refractivity contribution in [1.29, 1.82) is 0 Å². The highest BCUT2D eigenvalue weighted by molar-refractivity contribution is 7.98. The van der Waals surface area contributed by atoms with Gasteiger partial charge in [-0.15, -0.1) is 21.5 Å². The monoisotopic (exact) mass is 345 g/mol. The molecule has 0 unspecified atom stereocenters. The molecular formula is C16H19N5S2. The van der Waals surface area contributed by atoms with Crippen LogP contribution in [0.4, 0.5) is 0 Å². The number of nitrogens with zero attached hydrogens (tertiary/aromatic N) is 5. The Kier molecular flexibility index (Phi) is 5.40. The summed E-state index contributed by atoms with van der Waals surface area (Å²) in [5.74, 6) is 1.73. The highest BCUT2D eigenvalue weighted by Gasteiger charge is 2.14. The van der Waals surface area contributed by atoms with E-state index in [0.717, 1.165) is 47.4 Å². The topological polar surface area (TPSA) is 56.5 Å². The van der Waals surface area contributed by atoms with E-state index in [0.29, 0.717) is 0 Å². The van der Waals surface area contributed by atoms with Crippen LogP contribution in [0, 0.1) is 0 Å². The Balaban J connectivity index is 1.80. The summed E-state index contributed by atoms with van der Waals surface area (Å²) in [6.45, 7) is 5.21. The summed E-state index contributed by atoms with van der Waals surface area (Å²) in [5.41, 5.74) is 2.17. The summed E-state index contributed by atoms with van der Waals surface area (Å²) in [6.07, 6.45) is 5.61. The molecule has 5 nitrogen and oxygen atoms in total. The van der Waals surface area contributed by atoms with Crippen molar-refractivity contribution in [3.63, 3.8) is 0 Å². The molecule has 3 aromatic rings. The van der Waals surface area contributed by atoms with E-state index in [1.54, 1.807) is 35.5 Å². The van der Waals surface area contributed by atoms with Gasteiger partial charge in [0, 0.05) is 35.6 Å². The molecule has 0 saturated carbocycles. The summed E-state index contributed by atoms with van der Waals surface area (Å²) in [6, 6.07) is 3.94. The van der Waals surface area contributed by atoms with Gasteiger partial charge in [-0.25, -0.2) is 4.98 Å². The first-order valence-corrected chi connectivity index (χ1v) is 9.58. The first kappa shape index (κ1) is 16.1. The van der Waals surface area contributed by atoms with Gasteiger partial charge in [0.2, 0.25) is 0 Å². The van der Waals surface area contributed by atoms with Crippen LogP contribution < -0.4 is 0 Å². The van der Waals surface area contributed by atoms with Gasteiger partial charge in [0.15, 0.2) is 11.0 Å². The largest absolute Gasteiger partial charge is 0.302 e. The molecule has 0 bridgehead atoms. The number of aryl methyl sites for hydroxylation is 1. The van der Waals surface area contributed by atoms with E-state index in [1.165, 1.54) is 5.01 Å². The van der Waals surface area contributed by atoms with E-state index < -0.39 is 0 Å². The Labute approximate surface area is 144 Å². The summed E-state index contributed by atoms with van der Waals surface area (Å²) in [4.78, 5) is 8.69. The molecule has 23 heavy (non-hydrogen) atoms. The van der Waals surface area contributed by atoms with Crippen molar-refractivity contribution < 1.29 is 0 Å². The maximum absolute atomic E-state index is 4.62. The highest BCUT2D eigenvalue weighted by Crippen LogP contribution is 2.27. The number of thiazole rings is 1. The quantitative estimate of drug-likeness (QED) is 0.604. The van der Waals surface area contributed by atoms with E-state index >= 15 is 0 Å². The highest BCUT2D eigenvalue weighted by atomic mass is 32.2. The molecule has 3 aromatic heterocycles. The average molecular weight is 345 g/mol. The molecule has 0 aliphatic carbocycles. The van der Waals surface area contributed by atoms with Gasteiger partial charge in [-0.05, 0) is 25.0 Å². The molecular weight excluding hydrogens is 326 g/mol. The molecule has 0 saturated heterocycles. The van der Waals surface area contributed by atoms with Crippen LogP contribution in [-0.2, 0) is 18.7 Å². The zero-order chi connectivity index (χ0) is 16.1. The van der Waals surface area contributed by atoms with Crippen molar-refractivity contribution in [1.82, 2.24) is 24.7 Å². The lowest BCUT2D eigenvalue weighted by atomic mass is 10.2. The number of pyridine rings is 1. The average Bonchev–Trinajstić information content (AvgIpc) is 3.21. The summed E-state index contributed by atoms with van der Waals surface area (Å²) >= 11 is 3.42. The molecule has 7 heteroatoms. The number of aromatic nitrogens is 5. The molecule has 0 fully saturated rings. The lowest BCUT2D eigenvalue weighted by Crippen LogP contribution is -2.02. The fourth-order valence-electron chi connectivity index (χ4n) is 2.25. The molecule has 0 radical (unpaired) electrons. The van der Waals surface area contributed by atoms with E-state index in [1.807, 2.05) is 12.1 Å². The van der Waals surface area contributed by atoms with Gasteiger partial charge in [-0.3, -0.25) is 4.98 Å². The van der Waals surface area contributed by atoms with Crippen molar-refractivity contribution in [2.75, 3.05) is 0 Å². The van der Waals surface area contributed by atoms with Crippen LogP contribution in [0.5, 0.6) is 0 Å². The second-order valence-electron chi connectivity index (χ2n) is 5.07. The molecule has 0 spiro atoms. The van der Waals surface area contributed by atoms with Crippen LogP contribution in [0.1, 0.15) is 31.0 Å². The van der Waals surface area contributed by atoms with Crippen LogP contribution in [-0.4, -0.2) is 24.7 Å². The third-order valence-electron chi connectivity index (χ3n) is 3.35. The zero-order valence-electron chi connectivity index (χ0n) is 13.3. The standard InChI is InChI=1S/C16H19N5S2/c1-3-9-21-15(12-5-7-17-8-6-12)19-20-16(21)23-11-13-10-22-14(4-2)18-13/h5-8,10H,3-4,9,11H2,1-2H3. The third kappa shape index (κ3) is 3.79. The molecule has 3 rings (SSSR count). The molecule has 0 amide bonds. The molecule has 0 aliphatic rings. The van der Waals surface area contributed by atoms with E-state index in [-0.39, 0.29) is 0 Å². The summed E-state index contributed by atoms with van der Waals surface area (Å²) in [7, 11) is 0. The Morgan fingerprint density at radius 1 is 1.17 bits per heavy atom. The van der Waals surface area contributed by atoms with Crippen molar-refractivity contribution in [3.8, 4) is 11.4 Å². The second-order valence-corrected chi connectivity index (χ2v) is 6.95. The summed E-state index contributed by atoms with van der Waals surface area (Å²) < 4.78 is 2.19. The minimum absolute atomic E-state index is 0.828. The Morgan fingerprint density at radius 2 is 2.00 bits per heavy atom. The van der Waals surface area contributed by atoms with Gasteiger partial charge >= 0.3 is 0 Å². The Hall–Kier alpha value is -1.73. The van der Waals surface area contributed by atoms with Crippen molar-refractivity contribution in [3.05, 3.63) is 40.6 Å². The van der Waals surface area contributed by atoms with Gasteiger partial charge in [-0.2, -0.15) is 0 Å². The van der Waals surface area contributed by atoms with Gasteiger partial charge in [0.25, 0.3) is 0 Å². The van der Waals surface area contributed by atoms with Gasteiger partial charge in [0.05, 0.1) is 10.7 Å². The number of thioether (sulfide) groups is 1. The minimum Gasteiger partial charge on any atom is -0.302 e. The van der Waals surface area contributed by atoms with Crippen LogP contribution >= 0.6 is 23.1 Å². The van der Waals surface area contributed by atoms with Crippen LogP contribution in [0.25, 0.3) is 11.4 Å². The molecule has 0 N–H and O–H groups in total. The lowest BCUT2D eigenvalue weighted by Gasteiger charge is -2.08. The predicted molar refractivity (Wildman–Crippen MR) is 94.6 cm³/mol. The van der Waals surface area contributed by atoms with Crippen LogP contribution in [0.15, 0.2) is 35.1 Å². The van der Waals surface area contributed by atoms with E-state index in [4.69, 9.17) is 0 Å². The fourth-order valence-corrected chi connectivity index (χ4v) is 3.96. The normalized spacial score (nSPS) is 11.0. The van der Waals surface area contributed by atoms with E-state index in [2.05, 4.69) is 44.0 Å². The molecule has 0 aliphatic heterocycles. The minimum atomic E-state index is 0.828.